The van der Waals surface area contributed by atoms with E-state index >= 15 is 0 Å². The number of carboxylic acid groups (broad SMARTS) is 1. The van der Waals surface area contributed by atoms with Crippen molar-refractivity contribution in [3.05, 3.63) is 57.9 Å². The fraction of sp³-hybridized carbons (Fsp3) is 0.294. The highest BCUT2D eigenvalue weighted by molar-refractivity contribution is 5.67. The molecule has 0 aliphatic heterocycles. The SMILES string of the molecule is Cc1ccccc1Cc1c(C)c(C#N)n(CC(=O)O)c1C. The highest BCUT2D eigenvalue weighted by atomic mass is 16.4. The van der Waals surface area contributed by atoms with Crippen molar-refractivity contribution < 1.29 is 9.90 Å². The summed E-state index contributed by atoms with van der Waals surface area (Å²) >= 11 is 0. The summed E-state index contributed by atoms with van der Waals surface area (Å²) in [5, 5.41) is 18.3. The van der Waals surface area contributed by atoms with Crippen molar-refractivity contribution in [1.82, 2.24) is 4.57 Å². The van der Waals surface area contributed by atoms with Crippen molar-refractivity contribution in [3.8, 4) is 6.07 Å². The molecule has 1 aromatic heterocycles. The lowest BCUT2D eigenvalue weighted by Gasteiger charge is -2.08. The molecule has 0 atom stereocenters. The normalized spacial score (nSPS) is 10.4. The van der Waals surface area contributed by atoms with Gasteiger partial charge in [0.15, 0.2) is 0 Å². The van der Waals surface area contributed by atoms with E-state index < -0.39 is 5.97 Å². The molecule has 21 heavy (non-hydrogen) atoms. The molecule has 4 heteroatoms. The van der Waals surface area contributed by atoms with Crippen LogP contribution in [0, 0.1) is 32.1 Å². The van der Waals surface area contributed by atoms with Crippen molar-refractivity contribution in [2.45, 2.75) is 33.7 Å². The molecule has 0 radical (unpaired) electrons. The summed E-state index contributed by atoms with van der Waals surface area (Å²) in [6, 6.07) is 10.2. The number of hydrogen-bond acceptors (Lipinski definition) is 2. The number of nitrogens with zero attached hydrogens (tertiary/aromatic N) is 2. The summed E-state index contributed by atoms with van der Waals surface area (Å²) in [7, 11) is 0. The lowest BCUT2D eigenvalue weighted by molar-refractivity contribution is -0.137. The van der Waals surface area contributed by atoms with E-state index in [1.165, 1.54) is 11.1 Å². The second-order valence-electron chi connectivity index (χ2n) is 5.23. The Morgan fingerprint density at radius 2 is 1.95 bits per heavy atom. The highest BCUT2D eigenvalue weighted by Gasteiger charge is 2.19. The molecule has 0 saturated carbocycles. The average molecular weight is 282 g/mol. The van der Waals surface area contributed by atoms with Crippen LogP contribution in [0.4, 0.5) is 0 Å². The van der Waals surface area contributed by atoms with Gasteiger partial charge in [-0.15, -0.1) is 0 Å². The van der Waals surface area contributed by atoms with Gasteiger partial charge in [-0.25, -0.2) is 0 Å². The molecule has 0 bridgehead atoms. The summed E-state index contributed by atoms with van der Waals surface area (Å²) in [4.78, 5) is 11.0. The third-order valence-electron chi connectivity index (χ3n) is 3.95. The maximum Gasteiger partial charge on any atom is 0.323 e. The standard InChI is InChI=1S/C17H18N2O2/c1-11-6-4-5-7-14(11)8-15-12(2)16(9-18)19(13(15)3)10-17(20)21/h4-7H,8,10H2,1-3H3,(H,20,21). The van der Waals surface area contributed by atoms with E-state index in [-0.39, 0.29) is 6.54 Å². The van der Waals surface area contributed by atoms with Crippen LogP contribution in [0.25, 0.3) is 0 Å². The first kappa shape index (κ1) is 14.9. The van der Waals surface area contributed by atoms with Gasteiger partial charge in [-0.05, 0) is 49.4 Å². The zero-order chi connectivity index (χ0) is 15.6. The fourth-order valence-electron chi connectivity index (χ4n) is 2.68. The summed E-state index contributed by atoms with van der Waals surface area (Å²) in [5.41, 5.74) is 5.61. The topological polar surface area (TPSA) is 66.0 Å². The number of hydrogen-bond donors (Lipinski definition) is 1. The molecule has 1 aromatic carbocycles. The van der Waals surface area contributed by atoms with Gasteiger partial charge in [0, 0.05) is 5.69 Å². The molecule has 0 aliphatic rings. The first-order valence-electron chi connectivity index (χ1n) is 6.80. The Balaban J connectivity index is 2.50. The Morgan fingerprint density at radius 3 is 2.52 bits per heavy atom. The molecule has 0 unspecified atom stereocenters. The van der Waals surface area contributed by atoms with E-state index in [1.807, 2.05) is 26.0 Å². The molecule has 0 aliphatic carbocycles. The Morgan fingerprint density at radius 1 is 1.29 bits per heavy atom. The van der Waals surface area contributed by atoms with E-state index in [1.54, 1.807) is 4.57 Å². The third kappa shape index (κ3) is 2.82. The Bertz CT molecular complexity index is 736. The van der Waals surface area contributed by atoms with E-state index in [4.69, 9.17) is 5.11 Å². The van der Waals surface area contributed by atoms with E-state index in [2.05, 4.69) is 25.1 Å². The van der Waals surface area contributed by atoms with Crippen LogP contribution in [0.2, 0.25) is 0 Å². The Hall–Kier alpha value is -2.54. The number of nitriles is 1. The number of carboxylic acids is 1. The predicted molar refractivity (Wildman–Crippen MR) is 80.2 cm³/mol. The van der Waals surface area contributed by atoms with Crippen LogP contribution in [0.1, 0.15) is 33.6 Å². The quantitative estimate of drug-likeness (QED) is 0.937. The van der Waals surface area contributed by atoms with E-state index in [0.717, 1.165) is 16.8 Å². The first-order valence-corrected chi connectivity index (χ1v) is 6.80. The minimum Gasteiger partial charge on any atom is -0.480 e. The molecule has 4 nitrogen and oxygen atoms in total. The molecule has 2 aromatic rings. The maximum absolute atomic E-state index is 11.0. The van der Waals surface area contributed by atoms with Gasteiger partial charge in [-0.3, -0.25) is 4.79 Å². The monoisotopic (exact) mass is 282 g/mol. The molecule has 1 N–H and O–H groups in total. The Kier molecular flexibility index (Phi) is 4.13. The lowest BCUT2D eigenvalue weighted by Crippen LogP contribution is -2.12. The van der Waals surface area contributed by atoms with E-state index in [9.17, 15) is 10.1 Å². The Labute approximate surface area is 124 Å². The minimum atomic E-state index is -0.938. The zero-order valence-electron chi connectivity index (χ0n) is 12.5. The van der Waals surface area contributed by atoms with Crippen LogP contribution >= 0.6 is 0 Å². The van der Waals surface area contributed by atoms with Gasteiger partial charge in [0.05, 0.1) is 0 Å². The van der Waals surface area contributed by atoms with Crippen LogP contribution in [-0.4, -0.2) is 15.6 Å². The van der Waals surface area contributed by atoms with Crippen LogP contribution in [0.3, 0.4) is 0 Å². The number of aryl methyl sites for hydroxylation is 1. The maximum atomic E-state index is 11.0. The second-order valence-corrected chi connectivity index (χ2v) is 5.23. The van der Waals surface area contributed by atoms with Crippen LogP contribution < -0.4 is 0 Å². The molecule has 2 rings (SSSR count). The van der Waals surface area contributed by atoms with Crippen LogP contribution in [0.5, 0.6) is 0 Å². The summed E-state index contributed by atoms with van der Waals surface area (Å²) in [6.45, 7) is 5.64. The highest BCUT2D eigenvalue weighted by Crippen LogP contribution is 2.25. The first-order chi connectivity index (χ1) is 9.95. The average Bonchev–Trinajstić information content (AvgIpc) is 2.65. The van der Waals surface area contributed by atoms with Crippen LogP contribution in [-0.2, 0) is 17.8 Å². The molecule has 1 heterocycles. The zero-order valence-corrected chi connectivity index (χ0v) is 12.5. The van der Waals surface area contributed by atoms with Crippen molar-refractivity contribution in [1.29, 1.82) is 5.26 Å². The van der Waals surface area contributed by atoms with Gasteiger partial charge in [-0.2, -0.15) is 5.26 Å². The molecule has 0 spiro atoms. The minimum absolute atomic E-state index is 0.177. The van der Waals surface area contributed by atoms with Gasteiger partial charge < -0.3 is 9.67 Å². The van der Waals surface area contributed by atoms with Crippen LogP contribution in [0.15, 0.2) is 24.3 Å². The summed E-state index contributed by atoms with van der Waals surface area (Å²) in [5.74, 6) is -0.938. The van der Waals surface area contributed by atoms with Gasteiger partial charge in [0.25, 0.3) is 0 Å². The number of benzene rings is 1. The largest absolute Gasteiger partial charge is 0.480 e. The van der Waals surface area contributed by atoms with Crippen molar-refractivity contribution in [3.63, 3.8) is 0 Å². The predicted octanol–water partition coefficient (Wildman–Crippen LogP) is 2.96. The number of carbonyl (C=O) groups is 1. The molecular weight excluding hydrogens is 264 g/mol. The second kappa shape index (κ2) is 5.84. The molecule has 0 saturated heterocycles. The van der Waals surface area contributed by atoms with Gasteiger partial charge >= 0.3 is 5.97 Å². The molecule has 108 valence electrons. The van der Waals surface area contributed by atoms with Crippen molar-refractivity contribution in [2.75, 3.05) is 0 Å². The van der Waals surface area contributed by atoms with Crippen molar-refractivity contribution >= 4 is 5.97 Å². The molecule has 0 fully saturated rings. The van der Waals surface area contributed by atoms with Gasteiger partial charge in [-0.1, -0.05) is 24.3 Å². The van der Waals surface area contributed by atoms with E-state index in [0.29, 0.717) is 12.1 Å². The number of aliphatic carboxylic acids is 1. The number of rotatable bonds is 4. The molecule has 0 amide bonds. The third-order valence-corrected chi connectivity index (χ3v) is 3.95. The molecular formula is C17H18N2O2. The summed E-state index contributed by atoms with van der Waals surface area (Å²) < 4.78 is 1.59. The lowest BCUT2D eigenvalue weighted by atomic mass is 9.98. The number of aromatic nitrogens is 1. The van der Waals surface area contributed by atoms with Gasteiger partial charge in [0.2, 0.25) is 0 Å². The van der Waals surface area contributed by atoms with Crippen molar-refractivity contribution in [2.24, 2.45) is 0 Å². The smallest absolute Gasteiger partial charge is 0.323 e. The van der Waals surface area contributed by atoms with Gasteiger partial charge in [0.1, 0.15) is 18.3 Å². The summed E-state index contributed by atoms with van der Waals surface area (Å²) in [6.07, 6.45) is 0.714. The fourth-order valence-corrected chi connectivity index (χ4v) is 2.68.